The smallest absolute Gasteiger partial charge is 0.411 e. The van der Waals surface area contributed by atoms with Gasteiger partial charge in [0, 0.05) is 24.5 Å². The predicted octanol–water partition coefficient (Wildman–Crippen LogP) is 14.4. The lowest BCUT2D eigenvalue weighted by atomic mass is 10.0. The zero-order chi connectivity index (χ0) is 40.6. The fraction of sp³-hybridized carbons (Fsp3) is 0.833. The van der Waals surface area contributed by atoms with Crippen LogP contribution in [-0.4, -0.2) is 75.5 Å². The number of carbonyl (C=O) groups is 2. The topological polar surface area (TPSA) is 83.1 Å². The zero-order valence-electron chi connectivity index (χ0n) is 37.3. The lowest BCUT2D eigenvalue weighted by molar-refractivity contribution is 0.154. The molecule has 0 saturated heterocycles. The highest BCUT2D eigenvalue weighted by atomic mass is 16.6. The molecule has 56 heavy (non-hydrogen) atoms. The van der Waals surface area contributed by atoms with E-state index in [4.69, 9.17) is 9.47 Å². The van der Waals surface area contributed by atoms with Crippen LogP contribution in [0.5, 0.6) is 0 Å². The minimum atomic E-state index is -0.488. The largest absolute Gasteiger partial charge is 0.449 e. The maximum Gasteiger partial charge on any atom is 0.411 e. The monoisotopic (exact) mass is 787 g/mol. The van der Waals surface area contributed by atoms with E-state index in [0.29, 0.717) is 24.6 Å². The van der Waals surface area contributed by atoms with Crippen LogP contribution in [0.25, 0.3) is 0 Å². The van der Waals surface area contributed by atoms with Crippen molar-refractivity contribution in [3.05, 3.63) is 24.3 Å². The lowest BCUT2D eigenvalue weighted by Gasteiger charge is -2.16. The molecule has 0 saturated carbocycles. The molecule has 2 N–H and O–H groups in total. The van der Waals surface area contributed by atoms with E-state index in [0.717, 1.165) is 39.0 Å². The third-order valence-electron chi connectivity index (χ3n) is 11.0. The first-order chi connectivity index (χ1) is 27.4. The Balaban J connectivity index is 1.99. The quantitative estimate of drug-likeness (QED) is 0.0645. The number of ether oxygens (including phenoxy) is 2. The Hall–Kier alpha value is -2.32. The molecule has 0 atom stereocenters. The van der Waals surface area contributed by atoms with Crippen LogP contribution < -0.4 is 10.6 Å². The van der Waals surface area contributed by atoms with E-state index in [-0.39, 0.29) is 0 Å². The Labute approximate surface area is 346 Å². The SMILES string of the molecule is CCCCCCCCCCCCCCCCN(C)CCCOC(=O)Nc1cccc(NC(=O)OCCCN(C)CCCCCCCCCCCCCCCC)c1. The molecule has 326 valence electrons. The molecular weight excluding hydrogens is 697 g/mol. The van der Waals surface area contributed by atoms with Gasteiger partial charge in [-0.25, -0.2) is 9.59 Å². The molecule has 0 radical (unpaired) electrons. The van der Waals surface area contributed by atoms with Crippen LogP contribution in [0.3, 0.4) is 0 Å². The van der Waals surface area contributed by atoms with Gasteiger partial charge in [0.15, 0.2) is 0 Å². The molecule has 1 aromatic carbocycles. The van der Waals surface area contributed by atoms with Gasteiger partial charge in [0.2, 0.25) is 0 Å². The third-order valence-corrected chi connectivity index (χ3v) is 11.0. The average Bonchev–Trinajstić information content (AvgIpc) is 3.18. The summed E-state index contributed by atoms with van der Waals surface area (Å²) in [5, 5.41) is 5.53. The third kappa shape index (κ3) is 34.9. The summed E-state index contributed by atoms with van der Waals surface area (Å²) in [6.45, 7) is 9.29. The van der Waals surface area contributed by atoms with Crippen molar-refractivity contribution < 1.29 is 19.1 Å². The number of rotatable bonds is 40. The number of hydrogen-bond donors (Lipinski definition) is 2. The van der Waals surface area contributed by atoms with E-state index in [1.807, 2.05) is 0 Å². The van der Waals surface area contributed by atoms with Crippen molar-refractivity contribution in [3.8, 4) is 0 Å². The number of benzene rings is 1. The van der Waals surface area contributed by atoms with Gasteiger partial charge < -0.3 is 19.3 Å². The van der Waals surface area contributed by atoms with Gasteiger partial charge in [-0.2, -0.15) is 0 Å². The van der Waals surface area contributed by atoms with Crippen molar-refractivity contribution in [2.24, 2.45) is 0 Å². The summed E-state index contributed by atoms with van der Waals surface area (Å²) < 4.78 is 10.8. The van der Waals surface area contributed by atoms with Crippen LogP contribution >= 0.6 is 0 Å². The molecule has 0 bridgehead atoms. The van der Waals surface area contributed by atoms with Crippen molar-refractivity contribution in [1.82, 2.24) is 9.80 Å². The van der Waals surface area contributed by atoms with Gasteiger partial charge in [-0.1, -0.05) is 187 Å². The first-order valence-corrected chi connectivity index (χ1v) is 23.8. The van der Waals surface area contributed by atoms with Crippen LogP contribution in [0, 0.1) is 0 Å². The van der Waals surface area contributed by atoms with Crippen molar-refractivity contribution in [2.75, 3.05) is 64.1 Å². The summed E-state index contributed by atoms with van der Waals surface area (Å²) in [7, 11) is 4.29. The predicted molar refractivity (Wildman–Crippen MR) is 241 cm³/mol. The van der Waals surface area contributed by atoms with Gasteiger partial charge in [-0.05, 0) is 71.1 Å². The molecule has 2 amide bonds. The highest BCUT2D eigenvalue weighted by molar-refractivity contribution is 5.88. The Morgan fingerprint density at radius 1 is 0.429 bits per heavy atom. The Morgan fingerprint density at radius 3 is 1.00 bits per heavy atom. The molecule has 0 aromatic heterocycles. The first kappa shape index (κ1) is 51.7. The number of nitrogens with one attached hydrogen (secondary N) is 2. The Bertz CT molecular complexity index is 949. The molecule has 0 fully saturated rings. The number of carbonyl (C=O) groups excluding carboxylic acids is 2. The highest BCUT2D eigenvalue weighted by Gasteiger charge is 2.08. The van der Waals surface area contributed by atoms with Crippen LogP contribution in [-0.2, 0) is 9.47 Å². The summed E-state index contributed by atoms with van der Waals surface area (Å²) in [5.41, 5.74) is 1.13. The van der Waals surface area contributed by atoms with Crippen LogP contribution in [0.4, 0.5) is 21.0 Å². The van der Waals surface area contributed by atoms with Crippen LogP contribution in [0.15, 0.2) is 24.3 Å². The fourth-order valence-electron chi connectivity index (χ4n) is 7.36. The summed E-state index contributed by atoms with van der Waals surface area (Å²) >= 11 is 0. The van der Waals surface area contributed by atoms with Gasteiger partial charge in [-0.15, -0.1) is 0 Å². The molecule has 1 aromatic rings. The highest BCUT2D eigenvalue weighted by Crippen LogP contribution is 2.17. The molecule has 0 aliphatic heterocycles. The summed E-state index contributed by atoms with van der Waals surface area (Å²) in [4.78, 5) is 29.4. The van der Waals surface area contributed by atoms with Gasteiger partial charge >= 0.3 is 12.2 Å². The number of nitrogens with zero attached hydrogens (tertiary/aromatic N) is 2. The minimum Gasteiger partial charge on any atom is -0.449 e. The fourth-order valence-corrected chi connectivity index (χ4v) is 7.36. The van der Waals surface area contributed by atoms with Crippen molar-refractivity contribution in [1.29, 1.82) is 0 Å². The summed E-state index contributed by atoms with van der Waals surface area (Å²) in [6.07, 6.45) is 39.2. The number of hydrogen-bond acceptors (Lipinski definition) is 6. The molecule has 8 heteroatoms. The van der Waals surface area contributed by atoms with Gasteiger partial charge in [0.25, 0.3) is 0 Å². The first-order valence-electron chi connectivity index (χ1n) is 23.8. The van der Waals surface area contributed by atoms with E-state index >= 15 is 0 Å². The molecule has 0 unspecified atom stereocenters. The number of anilines is 2. The molecule has 0 heterocycles. The van der Waals surface area contributed by atoms with E-state index in [1.54, 1.807) is 24.3 Å². The molecular formula is C48H90N4O4. The van der Waals surface area contributed by atoms with E-state index in [1.165, 1.54) is 180 Å². The van der Waals surface area contributed by atoms with Crippen molar-refractivity contribution >= 4 is 23.6 Å². The molecule has 0 aliphatic rings. The molecule has 8 nitrogen and oxygen atoms in total. The number of amides is 2. The van der Waals surface area contributed by atoms with Crippen LogP contribution in [0.2, 0.25) is 0 Å². The zero-order valence-corrected chi connectivity index (χ0v) is 37.3. The average molecular weight is 787 g/mol. The number of unbranched alkanes of at least 4 members (excludes halogenated alkanes) is 26. The summed E-state index contributed by atoms with van der Waals surface area (Å²) in [5.74, 6) is 0. The van der Waals surface area contributed by atoms with Gasteiger partial charge in [0.1, 0.15) is 0 Å². The second-order valence-corrected chi connectivity index (χ2v) is 16.6. The van der Waals surface area contributed by atoms with Gasteiger partial charge in [-0.3, -0.25) is 10.6 Å². The second-order valence-electron chi connectivity index (χ2n) is 16.6. The van der Waals surface area contributed by atoms with E-state index in [9.17, 15) is 9.59 Å². The van der Waals surface area contributed by atoms with Crippen molar-refractivity contribution in [2.45, 2.75) is 206 Å². The minimum absolute atomic E-state index is 0.369. The summed E-state index contributed by atoms with van der Waals surface area (Å²) in [6, 6.07) is 7.03. The second kappa shape index (κ2) is 39.5. The van der Waals surface area contributed by atoms with E-state index in [2.05, 4.69) is 48.4 Å². The standard InChI is InChI=1S/C48H90N4O4/c1-5-7-9-11-13-15-17-19-21-23-25-27-29-31-38-51(3)40-34-42-55-47(53)49-45-36-33-37-46(44-45)50-48(54)56-43-35-41-52(4)39-32-30-28-26-24-22-20-18-16-14-12-10-8-6-2/h33,36-37,44H,5-32,34-35,38-43H2,1-4H3,(H,49,53)(H,50,54). The van der Waals surface area contributed by atoms with Crippen LogP contribution in [0.1, 0.15) is 206 Å². The molecule has 0 spiro atoms. The maximum absolute atomic E-state index is 12.4. The van der Waals surface area contributed by atoms with Crippen molar-refractivity contribution in [3.63, 3.8) is 0 Å². The Kier molecular flexibility index (Phi) is 36.5. The van der Waals surface area contributed by atoms with E-state index < -0.39 is 12.2 Å². The normalized spacial score (nSPS) is 11.4. The van der Waals surface area contributed by atoms with Gasteiger partial charge in [0.05, 0.1) is 13.2 Å². The maximum atomic E-state index is 12.4. The Morgan fingerprint density at radius 2 is 0.696 bits per heavy atom. The lowest BCUT2D eigenvalue weighted by Crippen LogP contribution is -2.23. The molecule has 1 rings (SSSR count). The molecule has 0 aliphatic carbocycles.